The molecule has 0 aliphatic rings. The molecule has 30 heavy (non-hydrogen) atoms. The van der Waals surface area contributed by atoms with Crippen molar-refractivity contribution in [3.8, 4) is 5.75 Å². The summed E-state index contributed by atoms with van der Waals surface area (Å²) < 4.78 is 44.9. The van der Waals surface area contributed by atoms with Gasteiger partial charge in [0, 0.05) is 32.7 Å². The number of halogens is 1. The Balaban J connectivity index is 2.39. The van der Waals surface area contributed by atoms with Crippen LogP contribution in [0.1, 0.15) is 42.1 Å². The number of unbranched alkanes of at least 4 members (excludes halogenated alkanes) is 2. The van der Waals surface area contributed by atoms with E-state index in [1.165, 1.54) is 45.5 Å². The minimum Gasteiger partial charge on any atom is -0.495 e. The van der Waals surface area contributed by atoms with Crippen LogP contribution in [0.15, 0.2) is 47.4 Å². The van der Waals surface area contributed by atoms with Gasteiger partial charge in [0.05, 0.1) is 7.11 Å². The fraction of sp³-hybridized carbons (Fsp3) is 0.409. The zero-order valence-electron chi connectivity index (χ0n) is 17.9. The van der Waals surface area contributed by atoms with Crippen molar-refractivity contribution in [3.05, 3.63) is 59.4 Å². The lowest BCUT2D eigenvalue weighted by Gasteiger charge is -2.24. The van der Waals surface area contributed by atoms with E-state index in [0.717, 1.165) is 29.1 Å². The number of amides is 1. The van der Waals surface area contributed by atoms with Crippen molar-refractivity contribution in [2.45, 2.75) is 37.6 Å². The zero-order valence-corrected chi connectivity index (χ0v) is 18.7. The van der Waals surface area contributed by atoms with E-state index in [1.54, 1.807) is 23.1 Å². The maximum absolute atomic E-state index is 13.3. The first-order valence-electron chi connectivity index (χ1n) is 9.85. The Bertz CT molecular complexity index is 960. The highest BCUT2D eigenvalue weighted by Crippen LogP contribution is 2.27. The van der Waals surface area contributed by atoms with Gasteiger partial charge >= 0.3 is 0 Å². The molecule has 0 radical (unpaired) electrons. The molecule has 8 heteroatoms. The summed E-state index contributed by atoms with van der Waals surface area (Å²) in [4.78, 5) is 14.9. The lowest BCUT2D eigenvalue weighted by Crippen LogP contribution is -2.32. The number of rotatable bonds is 10. The summed E-state index contributed by atoms with van der Waals surface area (Å²) >= 11 is 0. The number of methoxy groups -OCH3 is 1. The van der Waals surface area contributed by atoms with Crippen LogP contribution < -0.4 is 4.74 Å². The number of hydrogen-bond donors (Lipinski definition) is 0. The average Bonchev–Trinajstić information content (AvgIpc) is 2.73. The maximum Gasteiger partial charge on any atom is 0.254 e. The molecule has 0 saturated carbocycles. The minimum atomic E-state index is -3.79. The molecule has 0 bridgehead atoms. The molecule has 0 atom stereocenters. The number of benzene rings is 2. The molecule has 2 rings (SSSR count). The highest BCUT2D eigenvalue weighted by Gasteiger charge is 2.25. The Labute approximate surface area is 178 Å². The van der Waals surface area contributed by atoms with Crippen LogP contribution in [-0.4, -0.2) is 51.3 Å². The molecular weight excluding hydrogens is 407 g/mol. The normalized spacial score (nSPS) is 11.5. The summed E-state index contributed by atoms with van der Waals surface area (Å²) in [6, 6.07) is 10.4. The summed E-state index contributed by atoms with van der Waals surface area (Å²) in [5.74, 6) is -0.444. The molecular formula is C22H29FN2O4S. The van der Waals surface area contributed by atoms with Gasteiger partial charge in [-0.05, 0) is 42.3 Å². The summed E-state index contributed by atoms with van der Waals surface area (Å²) in [7, 11) is 0.447. The van der Waals surface area contributed by atoms with E-state index in [4.69, 9.17) is 4.74 Å². The number of carbonyl (C=O) groups excluding carboxylic acids is 1. The van der Waals surface area contributed by atoms with Gasteiger partial charge in [-0.25, -0.2) is 17.1 Å². The number of hydrogen-bond acceptors (Lipinski definition) is 4. The highest BCUT2D eigenvalue weighted by atomic mass is 32.2. The lowest BCUT2D eigenvalue weighted by atomic mass is 10.1. The van der Waals surface area contributed by atoms with Crippen LogP contribution in [0.4, 0.5) is 4.39 Å². The van der Waals surface area contributed by atoms with Gasteiger partial charge < -0.3 is 9.64 Å². The predicted molar refractivity (Wildman–Crippen MR) is 115 cm³/mol. The van der Waals surface area contributed by atoms with Crippen LogP contribution in [-0.2, 0) is 16.6 Å². The molecule has 0 aliphatic carbocycles. The molecule has 0 fully saturated rings. The van der Waals surface area contributed by atoms with Crippen molar-refractivity contribution < 1.29 is 22.3 Å². The van der Waals surface area contributed by atoms with Crippen LogP contribution in [0.25, 0.3) is 0 Å². The van der Waals surface area contributed by atoms with E-state index < -0.39 is 10.0 Å². The number of nitrogens with zero attached hydrogens (tertiary/aromatic N) is 2. The Morgan fingerprint density at radius 1 is 1.07 bits per heavy atom. The molecule has 0 N–H and O–H groups in total. The Kier molecular flexibility index (Phi) is 8.37. The monoisotopic (exact) mass is 436 g/mol. The first-order chi connectivity index (χ1) is 14.2. The molecule has 0 heterocycles. The molecule has 0 spiro atoms. The fourth-order valence-electron chi connectivity index (χ4n) is 3.01. The Morgan fingerprint density at radius 3 is 2.30 bits per heavy atom. The van der Waals surface area contributed by atoms with Gasteiger partial charge in [0.2, 0.25) is 10.0 Å². The quantitative estimate of drug-likeness (QED) is 0.530. The van der Waals surface area contributed by atoms with Gasteiger partial charge in [-0.2, -0.15) is 0 Å². The second kappa shape index (κ2) is 10.5. The summed E-state index contributed by atoms with van der Waals surface area (Å²) in [6.07, 6.45) is 2.80. The standard InChI is InChI=1S/C22H29FN2O4S/c1-5-6-7-14-25(16-17-8-11-19(23)12-9-17)22(26)18-10-13-20(29-4)21(15-18)30(27,28)24(2)3/h8-13,15H,5-7,14,16H2,1-4H3. The smallest absolute Gasteiger partial charge is 0.254 e. The minimum absolute atomic E-state index is 0.0591. The molecule has 0 unspecified atom stereocenters. The second-order valence-electron chi connectivity index (χ2n) is 7.21. The van der Waals surface area contributed by atoms with Crippen molar-refractivity contribution in [3.63, 3.8) is 0 Å². The van der Waals surface area contributed by atoms with E-state index in [1.807, 2.05) is 0 Å². The molecule has 164 valence electrons. The third-order valence-corrected chi connectivity index (χ3v) is 6.61. The Hall–Kier alpha value is -2.45. The van der Waals surface area contributed by atoms with Crippen LogP contribution in [0.3, 0.4) is 0 Å². The molecule has 2 aromatic carbocycles. The van der Waals surface area contributed by atoms with E-state index in [0.29, 0.717) is 13.1 Å². The largest absolute Gasteiger partial charge is 0.495 e. The van der Waals surface area contributed by atoms with Crippen LogP contribution in [0, 0.1) is 5.82 Å². The summed E-state index contributed by atoms with van der Waals surface area (Å²) in [6.45, 7) is 2.91. The van der Waals surface area contributed by atoms with Gasteiger partial charge in [0.25, 0.3) is 5.91 Å². The summed E-state index contributed by atoms with van der Waals surface area (Å²) in [5, 5.41) is 0. The van der Waals surface area contributed by atoms with Crippen molar-refractivity contribution >= 4 is 15.9 Å². The van der Waals surface area contributed by atoms with Gasteiger partial charge in [-0.1, -0.05) is 31.9 Å². The van der Waals surface area contributed by atoms with Crippen molar-refractivity contribution in [1.29, 1.82) is 0 Å². The van der Waals surface area contributed by atoms with Crippen LogP contribution >= 0.6 is 0 Å². The van der Waals surface area contributed by atoms with Crippen molar-refractivity contribution in [1.82, 2.24) is 9.21 Å². The molecule has 0 aliphatic heterocycles. The predicted octanol–water partition coefficient (Wildman–Crippen LogP) is 3.92. The number of carbonyl (C=O) groups is 1. The molecule has 2 aromatic rings. The fourth-order valence-corrected chi connectivity index (χ4v) is 4.08. The third kappa shape index (κ3) is 5.79. The van der Waals surface area contributed by atoms with Gasteiger partial charge in [0.15, 0.2) is 0 Å². The lowest BCUT2D eigenvalue weighted by molar-refractivity contribution is 0.0739. The van der Waals surface area contributed by atoms with E-state index in [9.17, 15) is 17.6 Å². The maximum atomic E-state index is 13.3. The first kappa shape index (κ1) is 23.8. The van der Waals surface area contributed by atoms with E-state index in [-0.39, 0.29) is 27.9 Å². The Morgan fingerprint density at radius 2 is 1.73 bits per heavy atom. The topological polar surface area (TPSA) is 66.9 Å². The van der Waals surface area contributed by atoms with Gasteiger partial charge in [-0.3, -0.25) is 4.79 Å². The van der Waals surface area contributed by atoms with Gasteiger partial charge in [0.1, 0.15) is 16.5 Å². The first-order valence-corrected chi connectivity index (χ1v) is 11.3. The molecule has 0 saturated heterocycles. The molecule has 1 amide bonds. The third-order valence-electron chi connectivity index (χ3n) is 4.77. The zero-order chi connectivity index (χ0) is 22.3. The molecule has 0 aromatic heterocycles. The SMILES string of the molecule is CCCCCN(Cc1ccc(F)cc1)C(=O)c1ccc(OC)c(S(=O)(=O)N(C)C)c1. The number of ether oxygens (including phenoxy) is 1. The van der Waals surface area contributed by atoms with Gasteiger partial charge in [-0.15, -0.1) is 0 Å². The second-order valence-corrected chi connectivity index (χ2v) is 9.33. The number of sulfonamides is 1. The molecule has 6 nitrogen and oxygen atoms in total. The average molecular weight is 437 g/mol. The van der Waals surface area contributed by atoms with E-state index >= 15 is 0 Å². The van der Waals surface area contributed by atoms with Crippen LogP contribution in [0.5, 0.6) is 5.75 Å². The van der Waals surface area contributed by atoms with Crippen molar-refractivity contribution in [2.24, 2.45) is 0 Å². The summed E-state index contributed by atoms with van der Waals surface area (Å²) in [5.41, 5.74) is 1.06. The van der Waals surface area contributed by atoms with Crippen LogP contribution in [0.2, 0.25) is 0 Å². The highest BCUT2D eigenvalue weighted by molar-refractivity contribution is 7.89. The van der Waals surface area contributed by atoms with Crippen molar-refractivity contribution in [2.75, 3.05) is 27.7 Å². The van der Waals surface area contributed by atoms with E-state index in [2.05, 4.69) is 6.92 Å².